The fourth-order valence-electron chi connectivity index (χ4n) is 1.35. The van der Waals surface area contributed by atoms with Gasteiger partial charge in [0.15, 0.2) is 0 Å². The van der Waals surface area contributed by atoms with Gasteiger partial charge in [-0.2, -0.15) is 0 Å². The molecule has 0 spiro atoms. The molecule has 0 aliphatic rings. The van der Waals surface area contributed by atoms with Crippen LogP contribution in [0.4, 0.5) is 0 Å². The number of rotatable bonds is 1. The Hall–Kier alpha value is -1.04. The molecule has 1 rings (SSSR count). The van der Waals surface area contributed by atoms with Gasteiger partial charge in [-0.15, -0.1) is 0 Å². The lowest BCUT2D eigenvalue weighted by atomic mass is 10.1. The predicted octanol–water partition coefficient (Wildman–Crippen LogP) is 1.85. The smallest absolute Gasteiger partial charge is 0.0203 e. The van der Waals surface area contributed by atoms with E-state index in [2.05, 4.69) is 45.5 Å². The van der Waals surface area contributed by atoms with Crippen molar-refractivity contribution in [3.05, 3.63) is 34.2 Å². The van der Waals surface area contributed by atoms with Crippen molar-refractivity contribution in [1.82, 2.24) is 0 Å². The summed E-state index contributed by atoms with van der Waals surface area (Å²) in [6.45, 7) is 10.4. The monoisotopic (exact) mass is 160 g/mol. The first kappa shape index (κ1) is 9.05. The fourth-order valence-corrected chi connectivity index (χ4v) is 1.35. The average molecular weight is 160 g/mol. The highest BCUT2D eigenvalue weighted by Gasteiger charge is 1.89. The molecule has 0 heterocycles. The first-order valence-electron chi connectivity index (χ1n) is 4.40. The van der Waals surface area contributed by atoms with Gasteiger partial charge < -0.3 is 0 Å². The first-order valence-corrected chi connectivity index (χ1v) is 4.40. The minimum atomic E-state index is 1.09. The summed E-state index contributed by atoms with van der Waals surface area (Å²) >= 11 is 0. The topological polar surface area (TPSA) is 0 Å². The summed E-state index contributed by atoms with van der Waals surface area (Å²) < 4.78 is 0. The van der Waals surface area contributed by atoms with Crippen molar-refractivity contribution < 1.29 is 0 Å². The molecule has 64 valence electrons. The summed E-state index contributed by atoms with van der Waals surface area (Å²) in [7, 11) is 0. The lowest BCUT2D eigenvalue weighted by molar-refractivity contribution is 1.13. The molecule has 0 heteroatoms. The SMILES string of the molecule is C=c1cc(CC)ccc1=C(C)C. The Kier molecular flexibility index (Phi) is 2.69. The van der Waals surface area contributed by atoms with Gasteiger partial charge in [-0.3, -0.25) is 0 Å². The maximum absolute atomic E-state index is 4.03. The number of aryl methyl sites for hydroxylation is 1. The number of hydrogen-bond acceptors (Lipinski definition) is 0. The van der Waals surface area contributed by atoms with E-state index in [1.165, 1.54) is 16.4 Å². The van der Waals surface area contributed by atoms with E-state index in [1.54, 1.807) is 0 Å². The number of benzene rings is 1. The molecule has 0 aliphatic carbocycles. The second-order valence-corrected chi connectivity index (χ2v) is 3.35. The van der Waals surface area contributed by atoms with Gasteiger partial charge in [0.2, 0.25) is 0 Å². The quantitative estimate of drug-likeness (QED) is 0.588. The van der Waals surface area contributed by atoms with Crippen LogP contribution in [0.5, 0.6) is 0 Å². The molecule has 0 atom stereocenters. The molecule has 0 fully saturated rings. The van der Waals surface area contributed by atoms with E-state index in [0.29, 0.717) is 0 Å². The Labute approximate surface area is 74.2 Å². The molecular weight excluding hydrogens is 144 g/mol. The van der Waals surface area contributed by atoms with Crippen molar-refractivity contribution in [3.8, 4) is 0 Å². The summed E-state index contributed by atoms with van der Waals surface area (Å²) in [5.41, 5.74) is 2.70. The molecule has 0 saturated heterocycles. The highest BCUT2D eigenvalue weighted by atomic mass is 13.9. The van der Waals surface area contributed by atoms with Crippen molar-refractivity contribution in [2.75, 3.05) is 0 Å². The molecule has 12 heavy (non-hydrogen) atoms. The minimum absolute atomic E-state index is 1.09. The summed E-state index contributed by atoms with van der Waals surface area (Å²) in [5.74, 6) is 0. The van der Waals surface area contributed by atoms with E-state index in [9.17, 15) is 0 Å². The zero-order valence-corrected chi connectivity index (χ0v) is 8.15. The van der Waals surface area contributed by atoms with Gasteiger partial charge in [0.1, 0.15) is 0 Å². The summed E-state index contributed by atoms with van der Waals surface area (Å²) in [5, 5.41) is 2.43. The lowest BCUT2D eigenvalue weighted by Crippen LogP contribution is -2.24. The molecule has 0 N–H and O–H groups in total. The van der Waals surface area contributed by atoms with E-state index in [1.807, 2.05) is 0 Å². The summed E-state index contributed by atoms with van der Waals surface area (Å²) in [4.78, 5) is 0. The van der Waals surface area contributed by atoms with E-state index < -0.39 is 0 Å². The highest BCUT2D eigenvalue weighted by Crippen LogP contribution is 1.93. The second-order valence-electron chi connectivity index (χ2n) is 3.35. The van der Waals surface area contributed by atoms with Crippen LogP contribution >= 0.6 is 0 Å². The molecule has 0 amide bonds. The van der Waals surface area contributed by atoms with Gasteiger partial charge in [0, 0.05) is 0 Å². The molecule has 0 aromatic heterocycles. The van der Waals surface area contributed by atoms with Crippen LogP contribution in [-0.2, 0) is 6.42 Å². The third-order valence-corrected chi connectivity index (χ3v) is 2.12. The van der Waals surface area contributed by atoms with Gasteiger partial charge in [-0.1, -0.05) is 37.3 Å². The standard InChI is InChI=1S/C12H16/c1-5-11-6-7-12(9(2)3)10(4)8-11/h6-8H,4-5H2,1-3H3. The molecule has 0 bridgehead atoms. The fraction of sp³-hybridized carbons (Fsp3) is 0.333. The average Bonchev–Trinajstić information content (AvgIpc) is 2.03. The molecule has 0 radical (unpaired) electrons. The Balaban J connectivity index is 3.42. The Morgan fingerprint density at radius 1 is 1.33 bits per heavy atom. The Morgan fingerprint density at radius 2 is 2.00 bits per heavy atom. The van der Waals surface area contributed by atoms with Gasteiger partial charge in [-0.25, -0.2) is 0 Å². The molecule has 0 aliphatic heterocycles. The van der Waals surface area contributed by atoms with Crippen LogP contribution in [0.2, 0.25) is 0 Å². The predicted molar refractivity (Wildman–Crippen MR) is 55.3 cm³/mol. The Morgan fingerprint density at radius 3 is 2.42 bits per heavy atom. The van der Waals surface area contributed by atoms with E-state index in [-0.39, 0.29) is 0 Å². The third kappa shape index (κ3) is 1.76. The van der Waals surface area contributed by atoms with Crippen LogP contribution in [0.3, 0.4) is 0 Å². The largest absolute Gasteiger partial charge is 0.0912 e. The van der Waals surface area contributed by atoms with Crippen LogP contribution in [0.1, 0.15) is 26.3 Å². The van der Waals surface area contributed by atoms with Crippen LogP contribution in [0, 0.1) is 0 Å². The van der Waals surface area contributed by atoms with Gasteiger partial charge in [0.05, 0.1) is 0 Å². The second kappa shape index (κ2) is 3.57. The van der Waals surface area contributed by atoms with Gasteiger partial charge in [0.25, 0.3) is 0 Å². The van der Waals surface area contributed by atoms with Crippen molar-refractivity contribution in [2.45, 2.75) is 27.2 Å². The Bertz CT molecular complexity index is 368. The normalized spacial score (nSPS) is 9.92. The summed E-state index contributed by atoms with van der Waals surface area (Å²) in [6, 6.07) is 6.51. The van der Waals surface area contributed by atoms with E-state index >= 15 is 0 Å². The van der Waals surface area contributed by atoms with Gasteiger partial charge >= 0.3 is 0 Å². The molecule has 1 aromatic carbocycles. The van der Waals surface area contributed by atoms with Crippen molar-refractivity contribution in [3.63, 3.8) is 0 Å². The van der Waals surface area contributed by atoms with Crippen LogP contribution in [0.25, 0.3) is 12.2 Å². The zero-order chi connectivity index (χ0) is 9.14. The highest BCUT2D eigenvalue weighted by molar-refractivity contribution is 5.40. The molecule has 0 unspecified atom stereocenters. The molecule has 1 aromatic rings. The van der Waals surface area contributed by atoms with Crippen molar-refractivity contribution >= 4 is 12.2 Å². The summed E-state index contributed by atoms with van der Waals surface area (Å²) in [6.07, 6.45) is 1.09. The van der Waals surface area contributed by atoms with Crippen LogP contribution in [-0.4, -0.2) is 0 Å². The third-order valence-electron chi connectivity index (χ3n) is 2.12. The molecule has 0 nitrogen and oxygen atoms in total. The van der Waals surface area contributed by atoms with E-state index in [0.717, 1.165) is 11.6 Å². The minimum Gasteiger partial charge on any atom is -0.0912 e. The maximum atomic E-state index is 4.03. The number of hydrogen-bond donors (Lipinski definition) is 0. The molecule has 0 saturated carbocycles. The molecular formula is C12H16. The maximum Gasteiger partial charge on any atom is -0.0203 e. The van der Waals surface area contributed by atoms with Crippen LogP contribution < -0.4 is 10.4 Å². The van der Waals surface area contributed by atoms with Crippen LogP contribution in [0.15, 0.2) is 18.2 Å². The van der Waals surface area contributed by atoms with Gasteiger partial charge in [-0.05, 0) is 36.3 Å². The van der Waals surface area contributed by atoms with E-state index in [4.69, 9.17) is 0 Å². The van der Waals surface area contributed by atoms with Crippen molar-refractivity contribution in [1.29, 1.82) is 0 Å². The zero-order valence-electron chi connectivity index (χ0n) is 8.15. The van der Waals surface area contributed by atoms with Crippen molar-refractivity contribution in [2.24, 2.45) is 0 Å². The first-order chi connectivity index (χ1) is 5.65. The lowest BCUT2D eigenvalue weighted by Gasteiger charge is -1.97.